The van der Waals surface area contributed by atoms with E-state index in [2.05, 4.69) is 20.8 Å². The summed E-state index contributed by atoms with van der Waals surface area (Å²) in [6.07, 6.45) is 2.25. The fourth-order valence-corrected chi connectivity index (χ4v) is 2.85. The molecule has 8 nitrogen and oxygen atoms in total. The second kappa shape index (κ2) is 7.22. The molecule has 0 spiro atoms. The van der Waals surface area contributed by atoms with Gasteiger partial charge in [-0.2, -0.15) is 0 Å². The standard InChI is InChI=1S/C18H17N5O3/c24-18(20-16-9-10-25-17-4-2-1-3-15(16)17)11-26-14-7-5-13(6-8-14)23-12-19-21-22-23/h1-8,12,16H,9-11H2,(H,20,24). The zero-order valence-corrected chi connectivity index (χ0v) is 13.9. The molecule has 0 saturated heterocycles. The van der Waals surface area contributed by atoms with Crippen LogP contribution in [0.15, 0.2) is 54.9 Å². The van der Waals surface area contributed by atoms with Gasteiger partial charge in [-0.25, -0.2) is 4.68 Å². The summed E-state index contributed by atoms with van der Waals surface area (Å²) in [7, 11) is 0. The van der Waals surface area contributed by atoms with Gasteiger partial charge in [-0.3, -0.25) is 4.79 Å². The maximum absolute atomic E-state index is 12.2. The first-order valence-electron chi connectivity index (χ1n) is 8.27. The van der Waals surface area contributed by atoms with E-state index in [1.54, 1.807) is 16.8 Å². The number of rotatable bonds is 5. The smallest absolute Gasteiger partial charge is 0.258 e. The van der Waals surface area contributed by atoms with Gasteiger partial charge in [-0.05, 0) is 40.8 Å². The molecular formula is C18H17N5O3. The van der Waals surface area contributed by atoms with Crippen LogP contribution < -0.4 is 14.8 Å². The lowest BCUT2D eigenvalue weighted by Crippen LogP contribution is -2.35. The van der Waals surface area contributed by atoms with Crippen LogP contribution in [0.25, 0.3) is 5.69 Å². The summed E-state index contributed by atoms with van der Waals surface area (Å²) in [5.74, 6) is 1.25. The Balaban J connectivity index is 1.33. The second-order valence-electron chi connectivity index (χ2n) is 5.83. The number of carbonyl (C=O) groups is 1. The number of ether oxygens (including phenoxy) is 2. The number of amides is 1. The van der Waals surface area contributed by atoms with Crippen LogP contribution in [0.1, 0.15) is 18.0 Å². The molecule has 0 radical (unpaired) electrons. The van der Waals surface area contributed by atoms with Crippen molar-refractivity contribution in [1.82, 2.24) is 25.5 Å². The van der Waals surface area contributed by atoms with Crippen molar-refractivity contribution in [3.63, 3.8) is 0 Å². The number of carbonyl (C=O) groups excluding carboxylic acids is 1. The third-order valence-corrected chi connectivity index (χ3v) is 4.11. The van der Waals surface area contributed by atoms with Gasteiger partial charge in [0.25, 0.3) is 5.91 Å². The van der Waals surface area contributed by atoms with Crippen LogP contribution in [0.5, 0.6) is 11.5 Å². The lowest BCUT2D eigenvalue weighted by Gasteiger charge is -2.26. The molecule has 0 saturated carbocycles. The minimum atomic E-state index is -0.170. The summed E-state index contributed by atoms with van der Waals surface area (Å²) in [4.78, 5) is 12.2. The minimum absolute atomic E-state index is 0.0518. The number of benzene rings is 2. The monoisotopic (exact) mass is 351 g/mol. The molecule has 1 amide bonds. The normalized spacial score (nSPS) is 15.6. The van der Waals surface area contributed by atoms with Crippen LogP contribution in [0, 0.1) is 0 Å². The molecule has 3 aromatic rings. The first-order chi connectivity index (χ1) is 12.8. The van der Waals surface area contributed by atoms with Crippen LogP contribution >= 0.6 is 0 Å². The number of hydrogen-bond donors (Lipinski definition) is 1. The van der Waals surface area contributed by atoms with Crippen LogP contribution in [0.3, 0.4) is 0 Å². The molecule has 1 atom stereocenters. The van der Waals surface area contributed by atoms with E-state index in [1.807, 2.05) is 36.4 Å². The Morgan fingerprint density at radius 2 is 2.08 bits per heavy atom. The summed E-state index contributed by atoms with van der Waals surface area (Å²) in [6.45, 7) is 0.533. The highest BCUT2D eigenvalue weighted by Crippen LogP contribution is 2.31. The number of tetrazole rings is 1. The van der Waals surface area contributed by atoms with Gasteiger partial charge in [-0.1, -0.05) is 18.2 Å². The van der Waals surface area contributed by atoms with Crippen molar-refractivity contribution in [2.45, 2.75) is 12.5 Å². The van der Waals surface area contributed by atoms with Crippen molar-refractivity contribution in [2.75, 3.05) is 13.2 Å². The van der Waals surface area contributed by atoms with Crippen molar-refractivity contribution in [3.05, 3.63) is 60.4 Å². The van der Waals surface area contributed by atoms with Gasteiger partial charge < -0.3 is 14.8 Å². The number of hydrogen-bond acceptors (Lipinski definition) is 6. The molecule has 2 aromatic carbocycles. The number of para-hydroxylation sites is 1. The Hall–Kier alpha value is -3.42. The molecule has 4 rings (SSSR count). The average molecular weight is 351 g/mol. The molecular weight excluding hydrogens is 334 g/mol. The summed E-state index contributed by atoms with van der Waals surface area (Å²) in [5.41, 5.74) is 1.81. The van der Waals surface area contributed by atoms with E-state index in [1.165, 1.54) is 6.33 Å². The molecule has 132 valence electrons. The topological polar surface area (TPSA) is 91.2 Å². The maximum Gasteiger partial charge on any atom is 0.258 e. The van der Waals surface area contributed by atoms with E-state index in [4.69, 9.17) is 9.47 Å². The quantitative estimate of drug-likeness (QED) is 0.752. The summed E-state index contributed by atoms with van der Waals surface area (Å²) in [6, 6.07) is 14.9. The largest absolute Gasteiger partial charge is 0.493 e. The molecule has 1 N–H and O–H groups in total. The van der Waals surface area contributed by atoms with E-state index < -0.39 is 0 Å². The predicted molar refractivity (Wildman–Crippen MR) is 92.1 cm³/mol. The Kier molecular flexibility index (Phi) is 4.46. The Labute approximate surface area is 149 Å². The number of nitrogens with zero attached hydrogens (tertiary/aromatic N) is 4. The van der Waals surface area contributed by atoms with E-state index in [-0.39, 0.29) is 18.6 Å². The number of aromatic nitrogens is 4. The summed E-state index contributed by atoms with van der Waals surface area (Å²) < 4.78 is 12.7. The SMILES string of the molecule is O=C(COc1ccc(-n2cnnn2)cc1)NC1CCOc2ccccc21. The van der Waals surface area contributed by atoms with Gasteiger partial charge in [0, 0.05) is 12.0 Å². The zero-order valence-electron chi connectivity index (χ0n) is 13.9. The van der Waals surface area contributed by atoms with Crippen molar-refractivity contribution in [3.8, 4) is 17.2 Å². The van der Waals surface area contributed by atoms with Crippen LogP contribution in [-0.4, -0.2) is 39.3 Å². The fourth-order valence-electron chi connectivity index (χ4n) is 2.85. The molecule has 2 heterocycles. The molecule has 0 aliphatic carbocycles. The van der Waals surface area contributed by atoms with Gasteiger partial charge >= 0.3 is 0 Å². The van der Waals surface area contributed by atoms with E-state index in [9.17, 15) is 4.79 Å². The fraction of sp³-hybridized carbons (Fsp3) is 0.222. The predicted octanol–water partition coefficient (Wildman–Crippen LogP) is 1.68. The first-order valence-corrected chi connectivity index (χ1v) is 8.27. The van der Waals surface area contributed by atoms with E-state index in [0.29, 0.717) is 12.4 Å². The van der Waals surface area contributed by atoms with Gasteiger partial charge in [0.2, 0.25) is 0 Å². The van der Waals surface area contributed by atoms with Crippen molar-refractivity contribution in [2.24, 2.45) is 0 Å². The first kappa shape index (κ1) is 16.1. The highest BCUT2D eigenvalue weighted by molar-refractivity contribution is 5.78. The highest BCUT2D eigenvalue weighted by atomic mass is 16.5. The van der Waals surface area contributed by atoms with E-state index in [0.717, 1.165) is 23.4 Å². The van der Waals surface area contributed by atoms with Crippen molar-refractivity contribution < 1.29 is 14.3 Å². The Morgan fingerprint density at radius 3 is 2.88 bits per heavy atom. The van der Waals surface area contributed by atoms with Crippen molar-refractivity contribution >= 4 is 5.91 Å². The van der Waals surface area contributed by atoms with Crippen LogP contribution in [-0.2, 0) is 4.79 Å². The molecule has 26 heavy (non-hydrogen) atoms. The zero-order chi connectivity index (χ0) is 17.8. The molecule has 0 bridgehead atoms. The third kappa shape index (κ3) is 3.49. The third-order valence-electron chi connectivity index (χ3n) is 4.11. The lowest BCUT2D eigenvalue weighted by molar-refractivity contribution is -0.124. The number of nitrogens with one attached hydrogen (secondary N) is 1. The molecule has 0 fully saturated rings. The maximum atomic E-state index is 12.2. The van der Waals surface area contributed by atoms with Crippen LogP contribution in [0.2, 0.25) is 0 Å². The van der Waals surface area contributed by atoms with Crippen molar-refractivity contribution in [1.29, 1.82) is 0 Å². The molecule has 1 aliphatic heterocycles. The highest BCUT2D eigenvalue weighted by Gasteiger charge is 2.22. The van der Waals surface area contributed by atoms with Gasteiger partial charge in [0.1, 0.15) is 17.8 Å². The molecule has 8 heteroatoms. The molecule has 1 aliphatic rings. The van der Waals surface area contributed by atoms with E-state index >= 15 is 0 Å². The minimum Gasteiger partial charge on any atom is -0.493 e. The lowest BCUT2D eigenvalue weighted by atomic mass is 10.0. The average Bonchev–Trinajstić information content (AvgIpc) is 3.22. The summed E-state index contributed by atoms with van der Waals surface area (Å²) >= 11 is 0. The molecule has 1 aromatic heterocycles. The molecule has 1 unspecified atom stereocenters. The van der Waals surface area contributed by atoms with Gasteiger partial charge in [0.05, 0.1) is 18.3 Å². The van der Waals surface area contributed by atoms with Gasteiger partial charge in [-0.15, -0.1) is 5.10 Å². The van der Waals surface area contributed by atoms with Gasteiger partial charge in [0.15, 0.2) is 6.61 Å². The second-order valence-corrected chi connectivity index (χ2v) is 5.83. The van der Waals surface area contributed by atoms with Crippen LogP contribution in [0.4, 0.5) is 0 Å². The number of fused-ring (bicyclic) bond motifs is 1. The Bertz CT molecular complexity index is 880. The summed E-state index contributed by atoms with van der Waals surface area (Å²) in [5, 5.41) is 14.0. The Morgan fingerprint density at radius 1 is 1.23 bits per heavy atom.